The predicted molar refractivity (Wildman–Crippen MR) is 90.2 cm³/mol. The molecule has 0 unspecified atom stereocenters. The standard InChI is InChI=1S/C19H13F3N2O2/c20-19(21,22)15-8-1-2-9-16(15)24-18(25)13-6-5-7-14(12-13)26-17-10-3-4-11-23-17/h1-12H,(H,24,25). The van der Waals surface area contributed by atoms with Gasteiger partial charge in [-0.2, -0.15) is 13.2 Å². The molecular formula is C19H13F3N2O2. The molecule has 0 aliphatic rings. The lowest BCUT2D eigenvalue weighted by Gasteiger charge is -2.13. The molecule has 0 spiro atoms. The van der Waals surface area contributed by atoms with E-state index in [9.17, 15) is 18.0 Å². The summed E-state index contributed by atoms with van der Waals surface area (Å²) in [4.78, 5) is 16.4. The summed E-state index contributed by atoms with van der Waals surface area (Å²) in [6.07, 6.45) is -3.01. The maximum Gasteiger partial charge on any atom is 0.418 e. The number of anilines is 1. The van der Waals surface area contributed by atoms with E-state index < -0.39 is 17.6 Å². The fourth-order valence-electron chi connectivity index (χ4n) is 2.26. The van der Waals surface area contributed by atoms with E-state index in [1.807, 2.05) is 0 Å². The van der Waals surface area contributed by atoms with Gasteiger partial charge >= 0.3 is 6.18 Å². The first-order valence-electron chi connectivity index (χ1n) is 7.60. The number of aromatic nitrogens is 1. The molecule has 0 radical (unpaired) electrons. The van der Waals surface area contributed by atoms with E-state index in [1.54, 1.807) is 36.5 Å². The Kier molecular flexibility index (Phi) is 4.88. The van der Waals surface area contributed by atoms with Gasteiger partial charge in [-0.25, -0.2) is 4.98 Å². The van der Waals surface area contributed by atoms with Crippen LogP contribution in [0.15, 0.2) is 72.9 Å². The molecule has 7 heteroatoms. The molecule has 132 valence electrons. The molecule has 0 saturated carbocycles. The van der Waals surface area contributed by atoms with Crippen LogP contribution in [0.4, 0.5) is 18.9 Å². The van der Waals surface area contributed by atoms with Gasteiger partial charge in [0.05, 0.1) is 11.3 Å². The second-order valence-corrected chi connectivity index (χ2v) is 5.30. The van der Waals surface area contributed by atoms with Crippen molar-refractivity contribution in [1.82, 2.24) is 4.98 Å². The number of halogens is 3. The zero-order valence-electron chi connectivity index (χ0n) is 13.3. The Labute approximate surface area is 147 Å². The third-order valence-corrected chi connectivity index (χ3v) is 3.44. The maximum atomic E-state index is 13.0. The second-order valence-electron chi connectivity index (χ2n) is 5.30. The van der Waals surface area contributed by atoms with Gasteiger partial charge in [-0.1, -0.05) is 24.3 Å². The number of hydrogen-bond donors (Lipinski definition) is 1. The minimum atomic E-state index is -4.56. The molecule has 0 saturated heterocycles. The number of nitrogens with one attached hydrogen (secondary N) is 1. The molecule has 3 aromatic rings. The molecule has 0 aliphatic carbocycles. The monoisotopic (exact) mass is 358 g/mol. The van der Waals surface area contributed by atoms with Crippen molar-refractivity contribution < 1.29 is 22.7 Å². The molecule has 2 aromatic carbocycles. The van der Waals surface area contributed by atoms with Crippen LogP contribution in [-0.2, 0) is 6.18 Å². The molecule has 4 nitrogen and oxygen atoms in total. The number of hydrogen-bond acceptors (Lipinski definition) is 3. The van der Waals surface area contributed by atoms with Crippen molar-refractivity contribution in [1.29, 1.82) is 0 Å². The molecule has 1 N–H and O–H groups in total. The van der Waals surface area contributed by atoms with Crippen LogP contribution in [-0.4, -0.2) is 10.9 Å². The number of alkyl halides is 3. The largest absolute Gasteiger partial charge is 0.439 e. The summed E-state index contributed by atoms with van der Waals surface area (Å²) < 4.78 is 44.6. The molecule has 0 aliphatic heterocycles. The van der Waals surface area contributed by atoms with Crippen molar-refractivity contribution in [2.75, 3.05) is 5.32 Å². The summed E-state index contributed by atoms with van der Waals surface area (Å²) in [5, 5.41) is 2.29. The Morgan fingerprint density at radius 3 is 2.46 bits per heavy atom. The number of nitrogens with zero attached hydrogens (tertiary/aromatic N) is 1. The highest BCUT2D eigenvalue weighted by Crippen LogP contribution is 2.34. The van der Waals surface area contributed by atoms with Gasteiger partial charge < -0.3 is 10.1 Å². The van der Waals surface area contributed by atoms with Crippen LogP contribution in [0.1, 0.15) is 15.9 Å². The molecule has 0 fully saturated rings. The number of benzene rings is 2. The van der Waals surface area contributed by atoms with E-state index in [1.165, 1.54) is 30.3 Å². The number of carbonyl (C=O) groups excluding carboxylic acids is 1. The van der Waals surface area contributed by atoms with Gasteiger partial charge in [-0.3, -0.25) is 4.79 Å². The number of ether oxygens (including phenoxy) is 1. The summed E-state index contributed by atoms with van der Waals surface area (Å²) in [6, 6.07) is 16.0. The van der Waals surface area contributed by atoms with E-state index in [4.69, 9.17) is 4.74 Å². The lowest BCUT2D eigenvalue weighted by Crippen LogP contribution is -2.16. The highest BCUT2D eigenvalue weighted by Gasteiger charge is 2.33. The minimum absolute atomic E-state index is 0.162. The average Bonchev–Trinajstić information content (AvgIpc) is 2.62. The van der Waals surface area contributed by atoms with Gasteiger partial charge in [-0.15, -0.1) is 0 Å². The molecule has 0 atom stereocenters. The van der Waals surface area contributed by atoms with Crippen LogP contribution < -0.4 is 10.1 Å². The van der Waals surface area contributed by atoms with Crippen molar-refractivity contribution >= 4 is 11.6 Å². The van der Waals surface area contributed by atoms with Gasteiger partial charge in [0, 0.05) is 17.8 Å². The number of pyridine rings is 1. The normalized spacial score (nSPS) is 11.0. The predicted octanol–water partition coefficient (Wildman–Crippen LogP) is 5.15. The Bertz CT molecular complexity index is 912. The summed E-state index contributed by atoms with van der Waals surface area (Å²) in [5.74, 6) is 0.0149. The summed E-state index contributed by atoms with van der Waals surface area (Å²) in [7, 11) is 0. The second kappa shape index (κ2) is 7.26. The Morgan fingerprint density at radius 1 is 0.962 bits per heavy atom. The third kappa shape index (κ3) is 4.18. The van der Waals surface area contributed by atoms with Gasteiger partial charge in [0.1, 0.15) is 5.75 Å². The van der Waals surface area contributed by atoms with Crippen LogP contribution in [0.5, 0.6) is 11.6 Å². The smallest absolute Gasteiger partial charge is 0.418 e. The van der Waals surface area contributed by atoms with Crippen molar-refractivity contribution in [3.8, 4) is 11.6 Å². The van der Waals surface area contributed by atoms with Gasteiger partial charge in [-0.05, 0) is 36.4 Å². The van der Waals surface area contributed by atoms with Crippen molar-refractivity contribution in [3.63, 3.8) is 0 Å². The molecule has 1 aromatic heterocycles. The van der Waals surface area contributed by atoms with Crippen LogP contribution in [0.2, 0.25) is 0 Å². The fraction of sp³-hybridized carbons (Fsp3) is 0.0526. The Balaban J connectivity index is 1.80. The lowest BCUT2D eigenvalue weighted by atomic mass is 10.1. The zero-order valence-corrected chi connectivity index (χ0v) is 13.3. The first kappa shape index (κ1) is 17.5. The number of rotatable bonds is 4. The molecule has 0 bridgehead atoms. The zero-order chi connectivity index (χ0) is 18.6. The van der Waals surface area contributed by atoms with Crippen LogP contribution in [0, 0.1) is 0 Å². The van der Waals surface area contributed by atoms with Crippen molar-refractivity contribution in [3.05, 3.63) is 84.1 Å². The fourth-order valence-corrected chi connectivity index (χ4v) is 2.26. The molecule has 3 rings (SSSR count). The first-order chi connectivity index (χ1) is 12.4. The van der Waals surface area contributed by atoms with Crippen molar-refractivity contribution in [2.45, 2.75) is 6.18 Å². The van der Waals surface area contributed by atoms with Crippen LogP contribution >= 0.6 is 0 Å². The highest BCUT2D eigenvalue weighted by molar-refractivity contribution is 6.04. The SMILES string of the molecule is O=C(Nc1ccccc1C(F)(F)F)c1cccc(Oc2ccccn2)c1. The van der Waals surface area contributed by atoms with Crippen LogP contribution in [0.25, 0.3) is 0 Å². The summed E-state index contributed by atoms with van der Waals surface area (Å²) in [6.45, 7) is 0. The van der Waals surface area contributed by atoms with Crippen LogP contribution in [0.3, 0.4) is 0 Å². The maximum absolute atomic E-state index is 13.0. The molecule has 1 amide bonds. The highest BCUT2D eigenvalue weighted by atomic mass is 19.4. The van der Waals surface area contributed by atoms with E-state index in [0.29, 0.717) is 11.6 Å². The number of amides is 1. The lowest BCUT2D eigenvalue weighted by molar-refractivity contribution is -0.136. The number of carbonyl (C=O) groups is 1. The van der Waals surface area contributed by atoms with Crippen molar-refractivity contribution in [2.24, 2.45) is 0 Å². The first-order valence-corrected chi connectivity index (χ1v) is 7.60. The Morgan fingerprint density at radius 2 is 1.73 bits per heavy atom. The van der Waals surface area contributed by atoms with E-state index in [-0.39, 0.29) is 11.3 Å². The van der Waals surface area contributed by atoms with E-state index in [0.717, 1.165) is 6.07 Å². The topological polar surface area (TPSA) is 51.2 Å². The average molecular weight is 358 g/mol. The number of para-hydroxylation sites is 1. The van der Waals surface area contributed by atoms with Gasteiger partial charge in [0.25, 0.3) is 5.91 Å². The quantitative estimate of drug-likeness (QED) is 0.702. The molecule has 1 heterocycles. The third-order valence-electron chi connectivity index (χ3n) is 3.44. The van der Waals surface area contributed by atoms with Gasteiger partial charge in [0.2, 0.25) is 5.88 Å². The summed E-state index contributed by atoms with van der Waals surface area (Å²) >= 11 is 0. The minimum Gasteiger partial charge on any atom is -0.439 e. The van der Waals surface area contributed by atoms with E-state index in [2.05, 4.69) is 10.3 Å². The molecular weight excluding hydrogens is 345 g/mol. The van der Waals surface area contributed by atoms with Gasteiger partial charge in [0.15, 0.2) is 0 Å². The van der Waals surface area contributed by atoms with E-state index >= 15 is 0 Å². The summed E-state index contributed by atoms with van der Waals surface area (Å²) in [5.41, 5.74) is -1.05. The Hall–Kier alpha value is -3.35. The molecule has 26 heavy (non-hydrogen) atoms.